The van der Waals surface area contributed by atoms with Gasteiger partial charge in [0, 0.05) is 5.56 Å². The van der Waals surface area contributed by atoms with E-state index < -0.39 is 12.0 Å². The van der Waals surface area contributed by atoms with Crippen LogP contribution >= 0.6 is 0 Å². The van der Waals surface area contributed by atoms with Crippen molar-refractivity contribution >= 4 is 22.9 Å². The number of fused-ring (bicyclic) bond motifs is 2. The summed E-state index contributed by atoms with van der Waals surface area (Å²) < 4.78 is 27.5. The van der Waals surface area contributed by atoms with Crippen LogP contribution in [0.2, 0.25) is 0 Å². The van der Waals surface area contributed by atoms with E-state index >= 15 is 0 Å². The SMILES string of the molecule is COc1cc(/C=N\NC(=O)C2COc3cc4ccccc4cc3O2)cc(OC)c1OC. The van der Waals surface area contributed by atoms with Gasteiger partial charge in [0.25, 0.3) is 5.91 Å². The van der Waals surface area contributed by atoms with Crippen molar-refractivity contribution in [2.75, 3.05) is 27.9 Å². The average molecular weight is 422 g/mol. The molecule has 4 rings (SSSR count). The first-order chi connectivity index (χ1) is 15.1. The van der Waals surface area contributed by atoms with E-state index in [0.29, 0.717) is 34.3 Å². The summed E-state index contributed by atoms with van der Waals surface area (Å²) in [6.45, 7) is 0.0941. The molecule has 8 heteroatoms. The Morgan fingerprint density at radius 3 is 2.26 bits per heavy atom. The van der Waals surface area contributed by atoms with Crippen LogP contribution in [-0.2, 0) is 4.79 Å². The highest BCUT2D eigenvalue weighted by atomic mass is 16.6. The van der Waals surface area contributed by atoms with Crippen LogP contribution in [0.25, 0.3) is 10.8 Å². The number of hydrogen-bond donors (Lipinski definition) is 1. The minimum absolute atomic E-state index is 0.0941. The van der Waals surface area contributed by atoms with Gasteiger partial charge in [-0.15, -0.1) is 0 Å². The second-order valence-corrected chi connectivity index (χ2v) is 6.76. The van der Waals surface area contributed by atoms with Crippen LogP contribution in [-0.4, -0.2) is 46.2 Å². The molecule has 3 aromatic rings. The fourth-order valence-corrected chi connectivity index (χ4v) is 3.30. The normalized spacial score (nSPS) is 15.0. The Balaban J connectivity index is 1.45. The van der Waals surface area contributed by atoms with E-state index in [-0.39, 0.29) is 6.61 Å². The van der Waals surface area contributed by atoms with E-state index in [0.717, 1.165) is 10.8 Å². The standard InChI is InChI=1S/C23H22N2O6/c1-27-19-8-14(9-20(28-2)22(19)29-3)12-24-25-23(26)21-13-30-17-10-15-6-4-5-7-16(15)11-18(17)31-21/h4-12,21H,13H2,1-3H3,(H,25,26)/b24-12-. The number of carbonyl (C=O) groups is 1. The molecule has 160 valence electrons. The maximum atomic E-state index is 12.5. The van der Waals surface area contributed by atoms with Gasteiger partial charge in [-0.05, 0) is 35.0 Å². The summed E-state index contributed by atoms with van der Waals surface area (Å²) in [5.74, 6) is 2.18. The van der Waals surface area contributed by atoms with Gasteiger partial charge in [0.05, 0.1) is 27.5 Å². The molecule has 0 aliphatic carbocycles. The van der Waals surface area contributed by atoms with Gasteiger partial charge in [-0.1, -0.05) is 24.3 Å². The molecule has 1 heterocycles. The van der Waals surface area contributed by atoms with E-state index in [1.54, 1.807) is 12.1 Å². The number of nitrogens with zero attached hydrogens (tertiary/aromatic N) is 1. The third kappa shape index (κ3) is 4.18. The molecule has 1 unspecified atom stereocenters. The van der Waals surface area contributed by atoms with Crippen molar-refractivity contribution in [3.8, 4) is 28.7 Å². The number of benzene rings is 3. The smallest absolute Gasteiger partial charge is 0.284 e. The summed E-state index contributed by atoms with van der Waals surface area (Å²) in [6, 6.07) is 15.1. The van der Waals surface area contributed by atoms with Gasteiger partial charge in [-0.2, -0.15) is 5.10 Å². The zero-order valence-electron chi connectivity index (χ0n) is 17.4. The molecular weight excluding hydrogens is 400 g/mol. The Morgan fingerprint density at radius 1 is 1.00 bits per heavy atom. The summed E-state index contributed by atoms with van der Waals surface area (Å²) in [7, 11) is 4.59. The molecule has 0 saturated heterocycles. The number of amides is 1. The van der Waals surface area contributed by atoms with Gasteiger partial charge in [0.1, 0.15) is 6.61 Å². The Kier molecular flexibility index (Phi) is 5.79. The zero-order valence-corrected chi connectivity index (χ0v) is 17.4. The Bertz CT molecular complexity index is 1120. The second-order valence-electron chi connectivity index (χ2n) is 6.76. The lowest BCUT2D eigenvalue weighted by Gasteiger charge is -2.25. The molecular formula is C23H22N2O6. The number of rotatable bonds is 6. The van der Waals surface area contributed by atoms with Crippen molar-refractivity contribution in [1.82, 2.24) is 5.43 Å². The molecule has 0 bridgehead atoms. The van der Waals surface area contributed by atoms with Crippen molar-refractivity contribution in [1.29, 1.82) is 0 Å². The topological polar surface area (TPSA) is 87.6 Å². The Morgan fingerprint density at radius 2 is 1.65 bits per heavy atom. The molecule has 0 radical (unpaired) electrons. The van der Waals surface area contributed by atoms with Gasteiger partial charge in [0.15, 0.2) is 23.0 Å². The van der Waals surface area contributed by atoms with E-state index in [4.69, 9.17) is 23.7 Å². The number of hydrazone groups is 1. The number of ether oxygens (including phenoxy) is 5. The monoisotopic (exact) mass is 422 g/mol. The largest absolute Gasteiger partial charge is 0.493 e. The predicted molar refractivity (Wildman–Crippen MR) is 116 cm³/mol. The molecule has 1 aliphatic rings. The molecule has 0 saturated carbocycles. The first-order valence-corrected chi connectivity index (χ1v) is 9.58. The number of methoxy groups -OCH3 is 3. The zero-order chi connectivity index (χ0) is 21.8. The third-order valence-electron chi connectivity index (χ3n) is 4.84. The van der Waals surface area contributed by atoms with Crippen LogP contribution in [0.5, 0.6) is 28.7 Å². The van der Waals surface area contributed by atoms with Crippen LogP contribution in [0.4, 0.5) is 0 Å². The van der Waals surface area contributed by atoms with E-state index in [2.05, 4.69) is 10.5 Å². The predicted octanol–water partition coefficient (Wildman–Crippen LogP) is 3.16. The second kappa shape index (κ2) is 8.83. The molecule has 31 heavy (non-hydrogen) atoms. The van der Waals surface area contributed by atoms with Crippen LogP contribution in [0.3, 0.4) is 0 Å². The quantitative estimate of drug-likeness (QED) is 0.485. The van der Waals surface area contributed by atoms with Crippen molar-refractivity contribution in [2.24, 2.45) is 5.10 Å². The third-order valence-corrected chi connectivity index (χ3v) is 4.84. The Hall–Kier alpha value is -3.94. The summed E-state index contributed by atoms with van der Waals surface area (Å²) in [5.41, 5.74) is 3.14. The summed E-state index contributed by atoms with van der Waals surface area (Å²) in [6.07, 6.45) is 0.666. The van der Waals surface area contributed by atoms with E-state index in [1.807, 2.05) is 36.4 Å². The maximum absolute atomic E-state index is 12.5. The lowest BCUT2D eigenvalue weighted by molar-refractivity contribution is -0.130. The molecule has 8 nitrogen and oxygen atoms in total. The van der Waals surface area contributed by atoms with Crippen molar-refractivity contribution in [2.45, 2.75) is 6.10 Å². The fraction of sp³-hybridized carbons (Fsp3) is 0.217. The van der Waals surface area contributed by atoms with Crippen molar-refractivity contribution in [3.63, 3.8) is 0 Å². The van der Waals surface area contributed by atoms with Crippen LogP contribution in [0.15, 0.2) is 53.6 Å². The fourth-order valence-electron chi connectivity index (χ4n) is 3.30. The van der Waals surface area contributed by atoms with E-state index in [9.17, 15) is 4.79 Å². The summed E-state index contributed by atoms with van der Waals surface area (Å²) in [4.78, 5) is 12.5. The van der Waals surface area contributed by atoms with Crippen LogP contribution in [0, 0.1) is 0 Å². The van der Waals surface area contributed by atoms with Crippen LogP contribution in [0.1, 0.15) is 5.56 Å². The lowest BCUT2D eigenvalue weighted by atomic mass is 10.1. The first kappa shape index (κ1) is 20.3. The summed E-state index contributed by atoms with van der Waals surface area (Å²) >= 11 is 0. The summed E-state index contributed by atoms with van der Waals surface area (Å²) in [5, 5.41) is 6.07. The van der Waals surface area contributed by atoms with Crippen molar-refractivity contribution < 1.29 is 28.5 Å². The molecule has 1 N–H and O–H groups in total. The highest BCUT2D eigenvalue weighted by Gasteiger charge is 2.27. The molecule has 1 aliphatic heterocycles. The highest BCUT2D eigenvalue weighted by Crippen LogP contribution is 2.38. The molecule has 0 spiro atoms. The molecule has 0 fully saturated rings. The Labute approximate surface area is 179 Å². The number of hydrogen-bond acceptors (Lipinski definition) is 7. The lowest BCUT2D eigenvalue weighted by Crippen LogP contribution is -2.42. The molecule has 1 amide bonds. The van der Waals surface area contributed by atoms with Gasteiger partial charge >= 0.3 is 0 Å². The average Bonchev–Trinajstić information content (AvgIpc) is 2.81. The van der Waals surface area contributed by atoms with Gasteiger partial charge in [-0.3, -0.25) is 4.79 Å². The first-order valence-electron chi connectivity index (χ1n) is 9.58. The minimum atomic E-state index is -0.814. The number of nitrogens with one attached hydrogen (secondary N) is 1. The number of carbonyl (C=O) groups excluding carboxylic acids is 1. The van der Waals surface area contributed by atoms with Crippen molar-refractivity contribution in [3.05, 3.63) is 54.1 Å². The minimum Gasteiger partial charge on any atom is -0.493 e. The highest BCUT2D eigenvalue weighted by molar-refractivity contribution is 5.88. The molecule has 0 aromatic heterocycles. The van der Waals surface area contributed by atoms with E-state index in [1.165, 1.54) is 27.5 Å². The maximum Gasteiger partial charge on any atom is 0.284 e. The molecule has 1 atom stereocenters. The van der Waals surface area contributed by atoms with Gasteiger partial charge < -0.3 is 23.7 Å². The van der Waals surface area contributed by atoms with Gasteiger partial charge in [-0.25, -0.2) is 5.43 Å². The van der Waals surface area contributed by atoms with Gasteiger partial charge in [0.2, 0.25) is 11.9 Å². The van der Waals surface area contributed by atoms with Crippen LogP contribution < -0.4 is 29.1 Å². The molecule has 3 aromatic carbocycles.